The normalized spacial score (nSPS) is 22.0. The van der Waals surface area contributed by atoms with Gasteiger partial charge in [-0.2, -0.15) is 0 Å². The van der Waals surface area contributed by atoms with Crippen molar-refractivity contribution >= 4 is 22.3 Å². The van der Waals surface area contributed by atoms with Gasteiger partial charge in [-0.1, -0.05) is 6.92 Å². The fourth-order valence-electron chi connectivity index (χ4n) is 2.81. The van der Waals surface area contributed by atoms with Gasteiger partial charge >= 0.3 is 0 Å². The number of non-ortho nitro benzene ring substituents is 1. The summed E-state index contributed by atoms with van der Waals surface area (Å²) in [5, 5.41) is 11.4. The van der Waals surface area contributed by atoms with Crippen molar-refractivity contribution in [3.05, 3.63) is 40.3 Å². The van der Waals surface area contributed by atoms with Crippen LogP contribution in [0, 0.1) is 21.8 Å². The molecule has 2 unspecified atom stereocenters. The monoisotopic (exact) mass is 290 g/mol. The number of halogens is 1. The van der Waals surface area contributed by atoms with Crippen molar-refractivity contribution in [2.45, 2.75) is 13.0 Å². The standard InChI is InChI=1S/C14H15FN4O2/c1-8-6-18(7-11(8)16)14-10(15)5-12(19(20)21)9-3-2-4-17-13(9)14/h2-5,8,11H,6-7,16H2,1H3. The first-order valence-electron chi connectivity index (χ1n) is 6.71. The van der Waals surface area contributed by atoms with Crippen molar-refractivity contribution in [1.82, 2.24) is 4.98 Å². The SMILES string of the molecule is CC1CN(c2c(F)cc([N+](=O)[O-])c3cccnc23)CC1N. The van der Waals surface area contributed by atoms with Gasteiger partial charge in [-0.15, -0.1) is 0 Å². The number of nitrogens with two attached hydrogens (primary N) is 1. The molecule has 6 nitrogen and oxygen atoms in total. The number of hydrogen-bond donors (Lipinski definition) is 1. The molecule has 7 heteroatoms. The third kappa shape index (κ3) is 2.19. The Bertz CT molecular complexity index is 711. The minimum atomic E-state index is -0.630. The lowest BCUT2D eigenvalue weighted by molar-refractivity contribution is -0.383. The molecular weight excluding hydrogens is 275 g/mol. The third-order valence-corrected chi connectivity index (χ3v) is 3.98. The molecule has 1 fully saturated rings. The predicted octanol–water partition coefficient (Wildman–Crippen LogP) is 2.07. The largest absolute Gasteiger partial charge is 0.365 e. The summed E-state index contributed by atoms with van der Waals surface area (Å²) in [6.45, 7) is 3.13. The van der Waals surface area contributed by atoms with Crippen molar-refractivity contribution in [1.29, 1.82) is 0 Å². The molecular formula is C14H15FN4O2. The van der Waals surface area contributed by atoms with Crippen LogP contribution in [-0.2, 0) is 0 Å². The number of nitro benzene ring substituents is 1. The summed E-state index contributed by atoms with van der Waals surface area (Å²) in [5.74, 6) is -0.396. The quantitative estimate of drug-likeness (QED) is 0.676. The van der Waals surface area contributed by atoms with Gasteiger partial charge in [-0.25, -0.2) is 4.39 Å². The summed E-state index contributed by atoms with van der Waals surface area (Å²) in [6.07, 6.45) is 1.51. The van der Waals surface area contributed by atoms with E-state index in [-0.39, 0.29) is 17.6 Å². The number of benzene rings is 1. The van der Waals surface area contributed by atoms with Gasteiger partial charge in [-0.3, -0.25) is 15.1 Å². The first kappa shape index (κ1) is 13.7. The molecule has 0 spiro atoms. The molecule has 1 aliphatic rings. The molecule has 0 saturated carbocycles. The van der Waals surface area contributed by atoms with Gasteiger partial charge in [0.15, 0.2) is 5.82 Å². The van der Waals surface area contributed by atoms with E-state index >= 15 is 0 Å². The van der Waals surface area contributed by atoms with E-state index in [1.54, 1.807) is 12.1 Å². The van der Waals surface area contributed by atoms with Crippen LogP contribution in [-0.4, -0.2) is 29.0 Å². The summed E-state index contributed by atoms with van der Waals surface area (Å²) < 4.78 is 14.4. The van der Waals surface area contributed by atoms with Crippen molar-refractivity contribution < 1.29 is 9.31 Å². The second-order valence-corrected chi connectivity index (χ2v) is 5.43. The molecule has 1 saturated heterocycles. The van der Waals surface area contributed by atoms with Crippen LogP contribution in [0.15, 0.2) is 24.4 Å². The lowest BCUT2D eigenvalue weighted by atomic mass is 10.1. The first-order chi connectivity index (χ1) is 9.99. The molecule has 2 aromatic rings. The van der Waals surface area contributed by atoms with E-state index in [0.29, 0.717) is 29.7 Å². The van der Waals surface area contributed by atoms with Crippen LogP contribution >= 0.6 is 0 Å². The van der Waals surface area contributed by atoms with Crippen LogP contribution in [0.25, 0.3) is 10.9 Å². The van der Waals surface area contributed by atoms with E-state index in [1.807, 2.05) is 11.8 Å². The smallest absolute Gasteiger partial charge is 0.281 e. The van der Waals surface area contributed by atoms with Crippen molar-refractivity contribution in [2.24, 2.45) is 11.7 Å². The summed E-state index contributed by atoms with van der Waals surface area (Å²) in [5.41, 5.74) is 6.33. The second-order valence-electron chi connectivity index (χ2n) is 5.43. The third-order valence-electron chi connectivity index (χ3n) is 3.98. The molecule has 3 rings (SSSR count). The zero-order valence-corrected chi connectivity index (χ0v) is 11.5. The zero-order chi connectivity index (χ0) is 15.1. The van der Waals surface area contributed by atoms with Crippen LogP contribution in [0.1, 0.15) is 6.92 Å². The Morgan fingerprint density at radius 3 is 2.90 bits per heavy atom. The van der Waals surface area contributed by atoms with Gasteiger partial charge in [-0.05, 0) is 18.1 Å². The van der Waals surface area contributed by atoms with E-state index in [1.165, 1.54) is 6.20 Å². The van der Waals surface area contributed by atoms with E-state index in [0.717, 1.165) is 6.07 Å². The molecule has 21 heavy (non-hydrogen) atoms. The second kappa shape index (κ2) is 4.92. The number of nitrogens with zero attached hydrogens (tertiary/aromatic N) is 3. The Labute approximate surface area is 120 Å². The van der Waals surface area contributed by atoms with Crippen LogP contribution in [0.5, 0.6) is 0 Å². The maximum Gasteiger partial charge on any atom is 0.281 e. The lowest BCUT2D eigenvalue weighted by Crippen LogP contribution is -2.28. The van der Waals surface area contributed by atoms with E-state index in [4.69, 9.17) is 5.73 Å². The van der Waals surface area contributed by atoms with Gasteiger partial charge < -0.3 is 10.6 Å². The number of pyridine rings is 1. The number of rotatable bonds is 2. The van der Waals surface area contributed by atoms with Gasteiger partial charge in [0.2, 0.25) is 0 Å². The van der Waals surface area contributed by atoms with Crippen molar-refractivity contribution in [3.8, 4) is 0 Å². The lowest BCUT2D eigenvalue weighted by Gasteiger charge is -2.20. The summed E-state index contributed by atoms with van der Waals surface area (Å²) in [6, 6.07) is 4.12. The fraction of sp³-hybridized carbons (Fsp3) is 0.357. The summed E-state index contributed by atoms with van der Waals surface area (Å²) in [4.78, 5) is 16.5. The van der Waals surface area contributed by atoms with Crippen molar-refractivity contribution in [3.63, 3.8) is 0 Å². The van der Waals surface area contributed by atoms with E-state index in [2.05, 4.69) is 4.98 Å². The highest BCUT2D eigenvalue weighted by atomic mass is 19.1. The number of aromatic nitrogens is 1. The molecule has 0 radical (unpaired) electrons. The van der Waals surface area contributed by atoms with Crippen LogP contribution < -0.4 is 10.6 Å². The van der Waals surface area contributed by atoms with Crippen molar-refractivity contribution in [2.75, 3.05) is 18.0 Å². The Kier molecular flexibility index (Phi) is 3.21. The van der Waals surface area contributed by atoms with E-state index < -0.39 is 10.7 Å². The fourth-order valence-corrected chi connectivity index (χ4v) is 2.81. The number of nitro groups is 1. The summed E-state index contributed by atoms with van der Waals surface area (Å²) in [7, 11) is 0. The maximum absolute atomic E-state index is 14.4. The zero-order valence-electron chi connectivity index (χ0n) is 11.5. The molecule has 0 amide bonds. The molecule has 1 aromatic heterocycles. The highest BCUT2D eigenvalue weighted by Gasteiger charge is 2.31. The predicted molar refractivity (Wildman–Crippen MR) is 77.7 cm³/mol. The molecule has 2 N–H and O–H groups in total. The average Bonchev–Trinajstić information content (AvgIpc) is 2.77. The highest BCUT2D eigenvalue weighted by molar-refractivity contribution is 5.97. The van der Waals surface area contributed by atoms with Gasteiger partial charge in [0, 0.05) is 25.3 Å². The highest BCUT2D eigenvalue weighted by Crippen LogP contribution is 2.36. The Hall–Kier alpha value is -2.28. The molecule has 2 atom stereocenters. The van der Waals surface area contributed by atoms with Gasteiger partial charge in [0.05, 0.1) is 16.4 Å². The Balaban J connectivity index is 2.22. The maximum atomic E-state index is 14.4. The Morgan fingerprint density at radius 2 is 2.29 bits per heavy atom. The van der Waals surface area contributed by atoms with Crippen LogP contribution in [0.4, 0.5) is 15.8 Å². The number of hydrogen-bond acceptors (Lipinski definition) is 5. The topological polar surface area (TPSA) is 85.3 Å². The number of fused-ring (bicyclic) bond motifs is 1. The first-order valence-corrected chi connectivity index (χ1v) is 6.71. The van der Waals surface area contributed by atoms with E-state index in [9.17, 15) is 14.5 Å². The Morgan fingerprint density at radius 1 is 1.52 bits per heavy atom. The number of anilines is 1. The molecule has 1 aliphatic heterocycles. The average molecular weight is 290 g/mol. The minimum Gasteiger partial charge on any atom is -0.365 e. The van der Waals surface area contributed by atoms with Crippen LogP contribution in [0.2, 0.25) is 0 Å². The molecule has 0 bridgehead atoms. The van der Waals surface area contributed by atoms with Gasteiger partial charge in [0.25, 0.3) is 5.69 Å². The molecule has 110 valence electrons. The molecule has 0 aliphatic carbocycles. The summed E-state index contributed by atoms with van der Waals surface area (Å²) >= 11 is 0. The minimum absolute atomic E-state index is 0.0432. The van der Waals surface area contributed by atoms with Gasteiger partial charge in [0.1, 0.15) is 11.2 Å². The molecule has 1 aromatic carbocycles. The van der Waals surface area contributed by atoms with Crippen LogP contribution in [0.3, 0.4) is 0 Å². The molecule has 2 heterocycles.